The summed E-state index contributed by atoms with van der Waals surface area (Å²) in [5.74, 6) is -0.444. The third-order valence-electron chi connectivity index (χ3n) is 1.95. The van der Waals surface area contributed by atoms with Gasteiger partial charge in [0.05, 0.1) is 11.6 Å². The molecule has 2 aromatic rings. The zero-order valence-electron chi connectivity index (χ0n) is 8.98. The van der Waals surface area contributed by atoms with Crippen LogP contribution < -0.4 is 11.3 Å². The number of halogens is 1. The summed E-state index contributed by atoms with van der Waals surface area (Å²) in [4.78, 5) is 18.0. The molecule has 0 atom stereocenters. The first kappa shape index (κ1) is 12.1. The fourth-order valence-electron chi connectivity index (χ4n) is 1.30. The predicted octanol–water partition coefficient (Wildman–Crippen LogP) is 1.51. The minimum Gasteiger partial charge on any atom is -0.383 e. The van der Waals surface area contributed by atoms with E-state index < -0.39 is 5.82 Å². The van der Waals surface area contributed by atoms with Gasteiger partial charge in [-0.2, -0.15) is 5.26 Å². The molecule has 0 bridgehead atoms. The van der Waals surface area contributed by atoms with Gasteiger partial charge in [-0.25, -0.2) is 9.37 Å². The molecule has 18 heavy (non-hydrogen) atoms. The minimum absolute atomic E-state index is 0.0816. The van der Waals surface area contributed by atoms with Gasteiger partial charge in [0.2, 0.25) is 0 Å². The molecule has 0 unspecified atom stereocenters. The summed E-state index contributed by atoms with van der Waals surface area (Å²) in [5.41, 5.74) is 5.24. The van der Waals surface area contributed by atoms with Gasteiger partial charge in [0.15, 0.2) is 5.16 Å². The van der Waals surface area contributed by atoms with Gasteiger partial charge in [0.25, 0.3) is 5.56 Å². The molecule has 0 aliphatic heterocycles. The lowest BCUT2D eigenvalue weighted by molar-refractivity contribution is 0.623. The molecule has 3 N–H and O–H groups in total. The molecule has 0 amide bonds. The molecule has 0 aliphatic carbocycles. The van der Waals surface area contributed by atoms with E-state index in [1.165, 1.54) is 12.1 Å². The van der Waals surface area contributed by atoms with Crippen molar-refractivity contribution in [2.45, 2.75) is 10.1 Å². The molecule has 0 spiro atoms. The first-order valence-corrected chi connectivity index (χ1v) is 5.64. The number of nitrogens with zero attached hydrogens (tertiary/aromatic N) is 2. The molecular weight excluding hydrogens is 255 g/mol. The number of aromatic amines is 1. The molecule has 0 radical (unpaired) electrons. The summed E-state index contributed by atoms with van der Waals surface area (Å²) in [5, 5.41) is 8.97. The minimum atomic E-state index is -0.525. The van der Waals surface area contributed by atoms with Gasteiger partial charge in [-0.15, -0.1) is 0 Å². The zero-order chi connectivity index (χ0) is 13.1. The molecule has 5 nitrogen and oxygen atoms in total. The number of anilines is 1. The maximum atomic E-state index is 13.2. The van der Waals surface area contributed by atoms with E-state index in [4.69, 9.17) is 11.0 Å². The Balaban J connectivity index is 2.37. The molecular formula is C11H7FN4OS. The smallest absolute Gasteiger partial charge is 0.253 e. The van der Waals surface area contributed by atoms with Gasteiger partial charge in [-0.3, -0.25) is 4.79 Å². The Bertz CT molecular complexity index is 692. The second-order valence-electron chi connectivity index (χ2n) is 3.36. The Hall–Kier alpha value is -2.33. The monoisotopic (exact) mass is 262 g/mol. The van der Waals surface area contributed by atoms with Gasteiger partial charge in [-0.05, 0) is 18.2 Å². The van der Waals surface area contributed by atoms with Crippen molar-refractivity contribution in [1.82, 2.24) is 9.97 Å². The number of hydrogen-bond donors (Lipinski definition) is 2. The third kappa shape index (κ3) is 2.87. The van der Waals surface area contributed by atoms with Crippen LogP contribution in [0.2, 0.25) is 0 Å². The summed E-state index contributed by atoms with van der Waals surface area (Å²) in [7, 11) is 0. The van der Waals surface area contributed by atoms with Crippen LogP contribution in [-0.2, 0) is 0 Å². The van der Waals surface area contributed by atoms with Gasteiger partial charge < -0.3 is 10.7 Å². The van der Waals surface area contributed by atoms with Crippen LogP contribution in [0.5, 0.6) is 0 Å². The largest absolute Gasteiger partial charge is 0.383 e. The van der Waals surface area contributed by atoms with Crippen molar-refractivity contribution in [3.05, 3.63) is 46.0 Å². The molecule has 1 aromatic carbocycles. The van der Waals surface area contributed by atoms with Crippen molar-refractivity contribution in [2.24, 2.45) is 0 Å². The molecule has 7 heteroatoms. The van der Waals surface area contributed by atoms with Crippen LogP contribution in [0.15, 0.2) is 39.1 Å². The number of rotatable bonds is 2. The van der Waals surface area contributed by atoms with Gasteiger partial charge in [0.1, 0.15) is 11.6 Å². The summed E-state index contributed by atoms with van der Waals surface area (Å²) in [6.45, 7) is 0. The normalized spacial score (nSPS) is 10.0. The maximum Gasteiger partial charge on any atom is 0.253 e. The average molecular weight is 262 g/mol. The fourth-order valence-corrected chi connectivity index (χ4v) is 2.18. The number of H-pyrrole nitrogens is 1. The number of aromatic nitrogens is 2. The molecule has 90 valence electrons. The van der Waals surface area contributed by atoms with E-state index in [2.05, 4.69) is 9.97 Å². The summed E-state index contributed by atoms with van der Waals surface area (Å²) < 4.78 is 13.2. The standard InChI is InChI=1S/C11H7FN4OS/c12-7-1-6(5-13)2-8(3-7)18-11-15-9(14)4-10(17)16-11/h1-4H,(H3,14,15,16,17). The number of nitrogens with one attached hydrogen (secondary N) is 1. The topological polar surface area (TPSA) is 95.6 Å². The lowest BCUT2D eigenvalue weighted by Gasteiger charge is -2.02. The Kier molecular flexibility index (Phi) is 3.30. The second kappa shape index (κ2) is 4.89. The Labute approximate surface area is 105 Å². The maximum absolute atomic E-state index is 13.2. The van der Waals surface area contributed by atoms with Crippen molar-refractivity contribution < 1.29 is 4.39 Å². The van der Waals surface area contributed by atoms with E-state index in [0.717, 1.165) is 23.9 Å². The average Bonchev–Trinajstić information content (AvgIpc) is 2.26. The highest BCUT2D eigenvalue weighted by Crippen LogP contribution is 2.25. The number of nitrogens with two attached hydrogens (primary N) is 1. The Morgan fingerprint density at radius 2 is 2.17 bits per heavy atom. The van der Waals surface area contributed by atoms with Gasteiger partial charge >= 0.3 is 0 Å². The highest BCUT2D eigenvalue weighted by atomic mass is 32.2. The molecule has 1 heterocycles. The summed E-state index contributed by atoms with van der Waals surface area (Å²) in [6, 6.07) is 6.86. The number of nitrogen functional groups attached to an aromatic ring is 1. The fraction of sp³-hybridized carbons (Fsp3) is 0. The van der Waals surface area contributed by atoms with Crippen LogP contribution in [0.3, 0.4) is 0 Å². The molecule has 1 aromatic heterocycles. The zero-order valence-corrected chi connectivity index (χ0v) is 9.79. The quantitative estimate of drug-likeness (QED) is 0.800. The molecule has 0 saturated heterocycles. The predicted molar refractivity (Wildman–Crippen MR) is 64.5 cm³/mol. The lowest BCUT2D eigenvalue weighted by atomic mass is 10.2. The first-order chi connectivity index (χ1) is 8.56. The Morgan fingerprint density at radius 3 is 2.83 bits per heavy atom. The van der Waals surface area contributed by atoms with E-state index in [1.807, 2.05) is 6.07 Å². The molecule has 0 aliphatic rings. The number of nitriles is 1. The van der Waals surface area contributed by atoms with E-state index in [0.29, 0.717) is 4.90 Å². The third-order valence-corrected chi connectivity index (χ3v) is 2.81. The molecule has 0 fully saturated rings. The van der Waals surface area contributed by atoms with Crippen LogP contribution in [-0.4, -0.2) is 9.97 Å². The van der Waals surface area contributed by atoms with Crippen LogP contribution in [0.1, 0.15) is 5.56 Å². The Morgan fingerprint density at radius 1 is 1.39 bits per heavy atom. The highest BCUT2D eigenvalue weighted by molar-refractivity contribution is 7.99. The van der Waals surface area contributed by atoms with Gasteiger partial charge in [-0.1, -0.05) is 11.8 Å². The van der Waals surface area contributed by atoms with E-state index >= 15 is 0 Å². The van der Waals surface area contributed by atoms with Crippen molar-refractivity contribution >= 4 is 17.6 Å². The number of benzene rings is 1. The first-order valence-electron chi connectivity index (χ1n) is 4.82. The van der Waals surface area contributed by atoms with Gasteiger partial charge in [0, 0.05) is 11.0 Å². The van der Waals surface area contributed by atoms with E-state index in [-0.39, 0.29) is 22.1 Å². The second-order valence-corrected chi connectivity index (χ2v) is 4.43. The van der Waals surface area contributed by atoms with E-state index in [9.17, 15) is 9.18 Å². The van der Waals surface area contributed by atoms with Crippen molar-refractivity contribution in [3.63, 3.8) is 0 Å². The van der Waals surface area contributed by atoms with Crippen molar-refractivity contribution in [1.29, 1.82) is 5.26 Å². The van der Waals surface area contributed by atoms with Crippen LogP contribution in [0.25, 0.3) is 0 Å². The lowest BCUT2D eigenvalue weighted by Crippen LogP contribution is -2.09. The van der Waals surface area contributed by atoms with Crippen LogP contribution >= 0.6 is 11.8 Å². The summed E-state index contributed by atoms with van der Waals surface area (Å²) in [6.07, 6.45) is 0. The molecule has 0 saturated carbocycles. The van der Waals surface area contributed by atoms with E-state index in [1.54, 1.807) is 0 Å². The SMILES string of the molecule is N#Cc1cc(F)cc(Sc2nc(N)cc(=O)[nH]2)c1. The van der Waals surface area contributed by atoms with Crippen molar-refractivity contribution in [2.75, 3.05) is 5.73 Å². The van der Waals surface area contributed by atoms with Crippen LogP contribution in [0.4, 0.5) is 10.2 Å². The van der Waals surface area contributed by atoms with Crippen LogP contribution in [0, 0.1) is 17.1 Å². The highest BCUT2D eigenvalue weighted by Gasteiger charge is 2.05. The van der Waals surface area contributed by atoms with Crippen molar-refractivity contribution in [3.8, 4) is 6.07 Å². The summed E-state index contributed by atoms with van der Waals surface area (Å²) >= 11 is 1.02. The molecule has 2 rings (SSSR count). The number of hydrogen-bond acceptors (Lipinski definition) is 5.